The van der Waals surface area contributed by atoms with Crippen molar-refractivity contribution in [3.8, 4) is 0 Å². The summed E-state index contributed by atoms with van der Waals surface area (Å²) < 4.78 is 6.15. The molecule has 0 aromatic heterocycles. The van der Waals surface area contributed by atoms with Crippen molar-refractivity contribution in [3.63, 3.8) is 0 Å². The highest BCUT2D eigenvalue weighted by Gasteiger charge is 2.45. The van der Waals surface area contributed by atoms with E-state index in [1.54, 1.807) is 0 Å². The van der Waals surface area contributed by atoms with Crippen LogP contribution in [0, 0.1) is 17.8 Å². The van der Waals surface area contributed by atoms with Crippen LogP contribution in [0.5, 0.6) is 0 Å². The molecule has 1 heterocycles. The van der Waals surface area contributed by atoms with E-state index in [0.717, 1.165) is 30.4 Å². The lowest BCUT2D eigenvalue weighted by atomic mass is 9.64. The zero-order valence-electron chi connectivity index (χ0n) is 12.9. The van der Waals surface area contributed by atoms with Crippen molar-refractivity contribution in [2.24, 2.45) is 17.8 Å². The summed E-state index contributed by atoms with van der Waals surface area (Å²) in [7, 11) is 0. The molecule has 20 heavy (non-hydrogen) atoms. The van der Waals surface area contributed by atoms with Gasteiger partial charge < -0.3 is 10.1 Å². The molecule has 2 nitrogen and oxygen atoms in total. The summed E-state index contributed by atoms with van der Waals surface area (Å²) >= 11 is 0. The van der Waals surface area contributed by atoms with Crippen molar-refractivity contribution in [1.82, 2.24) is 5.32 Å². The second-order valence-corrected chi connectivity index (χ2v) is 8.03. The van der Waals surface area contributed by atoms with E-state index in [-0.39, 0.29) is 0 Å². The van der Waals surface area contributed by atoms with E-state index in [4.69, 9.17) is 4.74 Å². The molecule has 0 bridgehead atoms. The third-order valence-corrected chi connectivity index (χ3v) is 6.62. The molecule has 3 unspecified atom stereocenters. The van der Waals surface area contributed by atoms with Gasteiger partial charge in [-0.25, -0.2) is 0 Å². The van der Waals surface area contributed by atoms with E-state index < -0.39 is 0 Å². The van der Waals surface area contributed by atoms with Gasteiger partial charge in [0.1, 0.15) is 0 Å². The standard InChI is InChI=1S/C18H31NO/c1-2-5-17(15(4-1)13-19-16-6-7-16)14-8-11-20-18(12-14)9-3-10-18/h14-17,19H,1-13H2. The quantitative estimate of drug-likeness (QED) is 0.841. The maximum atomic E-state index is 6.15. The molecule has 1 aliphatic heterocycles. The monoisotopic (exact) mass is 277 g/mol. The van der Waals surface area contributed by atoms with E-state index in [2.05, 4.69) is 5.32 Å². The molecule has 0 radical (unpaired) electrons. The zero-order valence-corrected chi connectivity index (χ0v) is 12.9. The Hall–Kier alpha value is -0.0800. The zero-order chi connectivity index (χ0) is 13.4. The molecular weight excluding hydrogens is 246 g/mol. The van der Waals surface area contributed by atoms with Crippen LogP contribution in [0.25, 0.3) is 0 Å². The minimum atomic E-state index is 0.342. The summed E-state index contributed by atoms with van der Waals surface area (Å²) in [6, 6.07) is 0.880. The van der Waals surface area contributed by atoms with Gasteiger partial charge in [0.15, 0.2) is 0 Å². The number of nitrogens with one attached hydrogen (secondary N) is 1. The molecule has 0 aromatic carbocycles. The van der Waals surface area contributed by atoms with Gasteiger partial charge in [-0.05, 0) is 82.1 Å². The van der Waals surface area contributed by atoms with E-state index >= 15 is 0 Å². The Bertz CT molecular complexity index is 334. The van der Waals surface area contributed by atoms with E-state index in [1.807, 2.05) is 0 Å². The lowest BCUT2D eigenvalue weighted by molar-refractivity contribution is -0.154. The van der Waals surface area contributed by atoms with E-state index in [0.29, 0.717) is 5.60 Å². The molecule has 3 aliphatic carbocycles. The molecule has 0 aromatic rings. The number of hydrogen-bond acceptors (Lipinski definition) is 2. The normalized spacial score (nSPS) is 40.5. The lowest BCUT2D eigenvalue weighted by Gasteiger charge is -2.50. The summed E-state index contributed by atoms with van der Waals surface area (Å²) in [6.45, 7) is 2.35. The Labute approximate surface area is 124 Å². The van der Waals surface area contributed by atoms with Crippen molar-refractivity contribution in [3.05, 3.63) is 0 Å². The predicted molar refractivity (Wildman–Crippen MR) is 81.7 cm³/mol. The highest BCUT2D eigenvalue weighted by molar-refractivity contribution is 4.97. The van der Waals surface area contributed by atoms with Crippen LogP contribution in [-0.2, 0) is 4.74 Å². The SMILES string of the molecule is C1CCC(C2CCOC3(CCC3)C2)C(CNC2CC2)C1. The minimum absolute atomic E-state index is 0.342. The second kappa shape index (κ2) is 5.61. The van der Waals surface area contributed by atoms with Crippen LogP contribution >= 0.6 is 0 Å². The Morgan fingerprint density at radius 1 is 0.950 bits per heavy atom. The van der Waals surface area contributed by atoms with Crippen LogP contribution in [0.2, 0.25) is 0 Å². The first-order valence-corrected chi connectivity index (χ1v) is 9.22. The summed E-state index contributed by atoms with van der Waals surface area (Å²) in [5.41, 5.74) is 0.342. The molecule has 4 aliphatic rings. The van der Waals surface area contributed by atoms with Gasteiger partial charge in [-0.1, -0.05) is 12.8 Å². The van der Waals surface area contributed by atoms with Crippen molar-refractivity contribution in [2.45, 2.75) is 82.3 Å². The largest absolute Gasteiger partial charge is 0.375 e. The third-order valence-electron chi connectivity index (χ3n) is 6.62. The maximum absolute atomic E-state index is 6.15. The molecular formula is C18H31NO. The molecule has 0 amide bonds. The third kappa shape index (κ3) is 2.78. The average molecular weight is 277 g/mol. The fourth-order valence-corrected chi connectivity index (χ4v) is 5.07. The van der Waals surface area contributed by atoms with E-state index in [9.17, 15) is 0 Å². The van der Waals surface area contributed by atoms with Crippen LogP contribution in [0.15, 0.2) is 0 Å². The van der Waals surface area contributed by atoms with E-state index in [1.165, 1.54) is 77.2 Å². The van der Waals surface area contributed by atoms with Crippen LogP contribution in [-0.4, -0.2) is 24.8 Å². The fraction of sp³-hybridized carbons (Fsp3) is 1.00. The smallest absolute Gasteiger partial charge is 0.0685 e. The molecule has 2 heteroatoms. The Morgan fingerprint density at radius 2 is 1.80 bits per heavy atom. The summed E-state index contributed by atoms with van der Waals surface area (Å²) in [4.78, 5) is 0. The summed E-state index contributed by atoms with van der Waals surface area (Å²) in [5.74, 6) is 2.93. The number of hydrogen-bond donors (Lipinski definition) is 1. The molecule has 3 atom stereocenters. The first-order valence-electron chi connectivity index (χ1n) is 9.22. The van der Waals surface area contributed by atoms with Crippen LogP contribution in [0.4, 0.5) is 0 Å². The van der Waals surface area contributed by atoms with Gasteiger partial charge in [0.05, 0.1) is 5.60 Å². The Kier molecular flexibility index (Phi) is 3.80. The first-order chi connectivity index (χ1) is 9.85. The Balaban J connectivity index is 1.38. The van der Waals surface area contributed by atoms with Gasteiger partial charge in [-0.15, -0.1) is 0 Å². The average Bonchev–Trinajstić information content (AvgIpc) is 3.28. The molecule has 4 rings (SSSR count). The van der Waals surface area contributed by atoms with Crippen LogP contribution in [0.1, 0.15) is 70.6 Å². The minimum Gasteiger partial charge on any atom is -0.375 e. The predicted octanol–water partition coefficient (Wildman–Crippen LogP) is 3.89. The molecule has 4 fully saturated rings. The van der Waals surface area contributed by atoms with Gasteiger partial charge in [0.25, 0.3) is 0 Å². The van der Waals surface area contributed by atoms with Gasteiger partial charge in [-0.3, -0.25) is 0 Å². The van der Waals surface area contributed by atoms with Gasteiger partial charge in [0.2, 0.25) is 0 Å². The molecule has 1 N–H and O–H groups in total. The van der Waals surface area contributed by atoms with Crippen molar-refractivity contribution >= 4 is 0 Å². The maximum Gasteiger partial charge on any atom is 0.0685 e. The van der Waals surface area contributed by atoms with Crippen molar-refractivity contribution < 1.29 is 4.74 Å². The highest BCUT2D eigenvalue weighted by Crippen LogP contribution is 2.49. The highest BCUT2D eigenvalue weighted by atomic mass is 16.5. The second-order valence-electron chi connectivity index (χ2n) is 8.03. The van der Waals surface area contributed by atoms with Crippen LogP contribution in [0.3, 0.4) is 0 Å². The first kappa shape index (κ1) is 13.6. The van der Waals surface area contributed by atoms with Crippen molar-refractivity contribution in [1.29, 1.82) is 0 Å². The fourth-order valence-electron chi connectivity index (χ4n) is 5.07. The molecule has 1 spiro atoms. The van der Waals surface area contributed by atoms with Crippen molar-refractivity contribution in [2.75, 3.05) is 13.2 Å². The van der Waals surface area contributed by atoms with Crippen LogP contribution < -0.4 is 5.32 Å². The summed E-state index contributed by atoms with van der Waals surface area (Å²) in [5, 5.41) is 3.81. The number of ether oxygens (including phenoxy) is 1. The van der Waals surface area contributed by atoms with Gasteiger partial charge in [-0.2, -0.15) is 0 Å². The van der Waals surface area contributed by atoms with Gasteiger partial charge in [0, 0.05) is 12.6 Å². The topological polar surface area (TPSA) is 21.3 Å². The number of rotatable bonds is 4. The van der Waals surface area contributed by atoms with Gasteiger partial charge >= 0.3 is 0 Å². The molecule has 1 saturated heterocycles. The Morgan fingerprint density at radius 3 is 2.55 bits per heavy atom. The summed E-state index contributed by atoms with van der Waals surface area (Å²) in [6.07, 6.45) is 15.6. The molecule has 114 valence electrons. The lowest BCUT2D eigenvalue weighted by Crippen LogP contribution is -2.48. The molecule has 3 saturated carbocycles.